The third-order valence-corrected chi connectivity index (χ3v) is 6.15. The number of rotatable bonds is 3. The largest absolute Gasteiger partial charge is 0.396 e. The first-order chi connectivity index (χ1) is 9.77. The normalized spacial score (nSPS) is 24.2. The average molecular weight is 337 g/mol. The highest BCUT2D eigenvalue weighted by Crippen LogP contribution is 2.31. The number of nitrogen functional groups attached to an aromatic ring is 1. The molecule has 1 aliphatic rings. The Morgan fingerprint density at radius 1 is 1.48 bits per heavy atom. The lowest BCUT2D eigenvalue weighted by Crippen LogP contribution is -2.46. The summed E-state index contributed by atoms with van der Waals surface area (Å²) < 4.78 is 45.2. The molecule has 0 aliphatic carbocycles. The lowest BCUT2D eigenvalue weighted by molar-refractivity contribution is 0.0184. The van der Waals surface area contributed by atoms with Crippen LogP contribution in [0.3, 0.4) is 0 Å². The SMILES string of the molecule is COC1CN(S(=O)(=O)c2cc(N)c(F)cc2Cl)CCC1C. The fourth-order valence-corrected chi connectivity index (χ4v) is 4.40. The Morgan fingerprint density at radius 2 is 2.14 bits per heavy atom. The zero-order valence-corrected chi connectivity index (χ0v) is 13.4. The maximum absolute atomic E-state index is 13.3. The fourth-order valence-electron chi connectivity index (χ4n) is 2.41. The standard InChI is InChI=1S/C13H18ClFN2O3S/c1-8-3-4-17(7-12(8)20-2)21(18,19)13-6-11(16)10(15)5-9(13)14/h5-6,8,12H,3-4,7,16H2,1-2H3. The van der Waals surface area contributed by atoms with E-state index >= 15 is 0 Å². The molecule has 0 bridgehead atoms. The second kappa shape index (κ2) is 6.08. The van der Waals surface area contributed by atoms with Gasteiger partial charge in [0.1, 0.15) is 10.7 Å². The van der Waals surface area contributed by atoms with Crippen molar-refractivity contribution in [2.24, 2.45) is 5.92 Å². The number of nitrogens with two attached hydrogens (primary N) is 1. The van der Waals surface area contributed by atoms with Gasteiger partial charge >= 0.3 is 0 Å². The van der Waals surface area contributed by atoms with E-state index in [0.29, 0.717) is 13.0 Å². The molecule has 1 aromatic carbocycles. The summed E-state index contributed by atoms with van der Waals surface area (Å²) in [6, 6.07) is 1.98. The quantitative estimate of drug-likeness (QED) is 0.858. The Morgan fingerprint density at radius 3 is 2.76 bits per heavy atom. The molecular formula is C13H18ClFN2O3S. The summed E-state index contributed by atoms with van der Waals surface area (Å²) in [6.07, 6.45) is 0.511. The number of benzene rings is 1. The summed E-state index contributed by atoms with van der Waals surface area (Å²) in [4.78, 5) is -0.174. The molecule has 2 N–H and O–H groups in total. The zero-order valence-electron chi connectivity index (χ0n) is 11.8. The van der Waals surface area contributed by atoms with E-state index in [4.69, 9.17) is 22.1 Å². The summed E-state index contributed by atoms with van der Waals surface area (Å²) in [7, 11) is -2.27. The molecule has 0 spiro atoms. The molecular weight excluding hydrogens is 319 g/mol. The van der Waals surface area contributed by atoms with Crippen molar-refractivity contribution in [3.05, 3.63) is 23.0 Å². The highest BCUT2D eigenvalue weighted by molar-refractivity contribution is 7.89. The van der Waals surface area contributed by atoms with E-state index in [1.54, 1.807) is 7.11 Å². The monoisotopic (exact) mass is 336 g/mol. The summed E-state index contributed by atoms with van der Waals surface area (Å²) in [5.74, 6) is -0.462. The Kier molecular flexibility index (Phi) is 4.77. The third-order valence-electron chi connectivity index (χ3n) is 3.82. The van der Waals surface area contributed by atoms with Gasteiger partial charge in [0, 0.05) is 20.2 Å². The first-order valence-corrected chi connectivity index (χ1v) is 8.36. The molecule has 2 atom stereocenters. The lowest BCUT2D eigenvalue weighted by atomic mass is 9.97. The maximum atomic E-state index is 13.3. The summed E-state index contributed by atoms with van der Waals surface area (Å²) in [5.41, 5.74) is 5.21. The number of sulfonamides is 1. The van der Waals surface area contributed by atoms with E-state index in [2.05, 4.69) is 0 Å². The van der Waals surface area contributed by atoms with Crippen LogP contribution in [0.25, 0.3) is 0 Å². The molecule has 0 radical (unpaired) electrons. The van der Waals surface area contributed by atoms with Gasteiger partial charge in [-0.25, -0.2) is 12.8 Å². The molecule has 2 rings (SSSR count). The zero-order chi connectivity index (χ0) is 15.8. The number of nitrogens with zero attached hydrogens (tertiary/aromatic N) is 1. The van der Waals surface area contributed by atoms with Crippen LogP contribution in [-0.4, -0.2) is 39.0 Å². The van der Waals surface area contributed by atoms with Crippen LogP contribution in [0.1, 0.15) is 13.3 Å². The molecule has 21 heavy (non-hydrogen) atoms. The van der Waals surface area contributed by atoms with Gasteiger partial charge in [0.25, 0.3) is 0 Å². The van der Waals surface area contributed by atoms with Gasteiger partial charge in [0.15, 0.2) is 0 Å². The molecule has 1 saturated heterocycles. The van der Waals surface area contributed by atoms with Crippen LogP contribution < -0.4 is 5.73 Å². The first-order valence-electron chi connectivity index (χ1n) is 6.54. The van der Waals surface area contributed by atoms with Crippen molar-refractivity contribution in [3.63, 3.8) is 0 Å². The van der Waals surface area contributed by atoms with Gasteiger partial charge in [-0.05, 0) is 24.5 Å². The number of ether oxygens (including phenoxy) is 1. The number of hydrogen-bond acceptors (Lipinski definition) is 4. The predicted octanol–water partition coefficient (Wildman–Crippen LogP) is 2.11. The molecule has 0 saturated carbocycles. The van der Waals surface area contributed by atoms with Gasteiger partial charge in [-0.15, -0.1) is 0 Å². The van der Waals surface area contributed by atoms with Gasteiger partial charge in [-0.1, -0.05) is 18.5 Å². The highest BCUT2D eigenvalue weighted by Gasteiger charge is 2.35. The summed E-state index contributed by atoms with van der Waals surface area (Å²) >= 11 is 5.87. The molecule has 1 heterocycles. The molecule has 118 valence electrons. The van der Waals surface area contributed by atoms with Crippen LogP contribution in [0.2, 0.25) is 5.02 Å². The third kappa shape index (κ3) is 3.15. The summed E-state index contributed by atoms with van der Waals surface area (Å²) in [6.45, 7) is 2.63. The van der Waals surface area contributed by atoms with Crippen molar-refractivity contribution in [1.82, 2.24) is 4.31 Å². The number of anilines is 1. The lowest BCUT2D eigenvalue weighted by Gasteiger charge is -2.35. The molecule has 0 aromatic heterocycles. The highest BCUT2D eigenvalue weighted by atomic mass is 35.5. The van der Waals surface area contributed by atoms with Crippen LogP contribution in [-0.2, 0) is 14.8 Å². The molecule has 2 unspecified atom stereocenters. The van der Waals surface area contributed by atoms with Crippen LogP contribution in [0.4, 0.5) is 10.1 Å². The van der Waals surface area contributed by atoms with Crippen LogP contribution in [0, 0.1) is 11.7 Å². The minimum absolute atomic E-state index is 0.172. The number of piperidine rings is 1. The van der Waals surface area contributed by atoms with E-state index in [1.165, 1.54) is 4.31 Å². The molecule has 1 aromatic rings. The average Bonchev–Trinajstić information content (AvgIpc) is 2.43. The van der Waals surface area contributed by atoms with Gasteiger partial charge in [-0.3, -0.25) is 0 Å². The van der Waals surface area contributed by atoms with E-state index in [-0.39, 0.29) is 34.2 Å². The molecule has 1 fully saturated rings. The minimum atomic E-state index is -3.82. The van der Waals surface area contributed by atoms with Crippen molar-refractivity contribution in [3.8, 4) is 0 Å². The van der Waals surface area contributed by atoms with Gasteiger partial charge in [-0.2, -0.15) is 4.31 Å². The van der Waals surface area contributed by atoms with Crippen molar-refractivity contribution < 1.29 is 17.5 Å². The van der Waals surface area contributed by atoms with Crippen molar-refractivity contribution in [1.29, 1.82) is 0 Å². The number of hydrogen-bond donors (Lipinski definition) is 1. The number of methoxy groups -OCH3 is 1. The van der Waals surface area contributed by atoms with Crippen molar-refractivity contribution in [2.45, 2.75) is 24.3 Å². The molecule has 5 nitrogen and oxygen atoms in total. The first kappa shape index (κ1) is 16.5. The second-order valence-corrected chi connectivity index (χ2v) is 7.52. The molecule has 1 aliphatic heterocycles. The van der Waals surface area contributed by atoms with E-state index in [0.717, 1.165) is 12.1 Å². The van der Waals surface area contributed by atoms with Crippen molar-refractivity contribution in [2.75, 3.05) is 25.9 Å². The summed E-state index contributed by atoms with van der Waals surface area (Å²) in [5, 5.41) is -0.172. The fraction of sp³-hybridized carbons (Fsp3) is 0.538. The smallest absolute Gasteiger partial charge is 0.244 e. The maximum Gasteiger partial charge on any atom is 0.244 e. The molecule has 8 heteroatoms. The minimum Gasteiger partial charge on any atom is -0.396 e. The number of halogens is 2. The second-order valence-electron chi connectivity index (χ2n) is 5.21. The van der Waals surface area contributed by atoms with Crippen LogP contribution in [0.15, 0.2) is 17.0 Å². The predicted molar refractivity (Wildman–Crippen MR) is 79.2 cm³/mol. The van der Waals surface area contributed by atoms with Gasteiger partial charge < -0.3 is 10.5 Å². The molecule has 0 amide bonds. The van der Waals surface area contributed by atoms with Crippen LogP contribution >= 0.6 is 11.6 Å². The van der Waals surface area contributed by atoms with Gasteiger partial charge in [0.2, 0.25) is 10.0 Å². The Labute approximate surface area is 128 Å². The Hall–Kier alpha value is -0.890. The Bertz CT molecular complexity index is 639. The van der Waals surface area contributed by atoms with Gasteiger partial charge in [0.05, 0.1) is 16.8 Å². The topological polar surface area (TPSA) is 72.6 Å². The van der Waals surface area contributed by atoms with E-state index < -0.39 is 15.8 Å². The van der Waals surface area contributed by atoms with Crippen molar-refractivity contribution >= 4 is 27.3 Å². The van der Waals surface area contributed by atoms with Crippen LogP contribution in [0.5, 0.6) is 0 Å². The van der Waals surface area contributed by atoms with E-state index in [9.17, 15) is 12.8 Å². The Balaban J connectivity index is 2.37. The van der Waals surface area contributed by atoms with E-state index in [1.807, 2.05) is 6.92 Å².